The molecule has 18 heavy (non-hydrogen) atoms. The lowest BCUT2D eigenvalue weighted by Crippen LogP contribution is -2.50. The third kappa shape index (κ3) is 2.69. The smallest absolute Gasteiger partial charge is 0.0397 e. The minimum Gasteiger partial charge on any atom is -0.368 e. The number of nitrogens with zero attached hydrogens (tertiary/aromatic N) is 2. The number of rotatable bonds is 2. The molecule has 1 atom stereocenters. The third-order valence-corrected chi connectivity index (χ3v) is 4.19. The van der Waals surface area contributed by atoms with E-state index in [1.807, 2.05) is 0 Å². The molecule has 2 nitrogen and oxygen atoms in total. The first kappa shape index (κ1) is 13.4. The Morgan fingerprint density at radius 1 is 1.22 bits per heavy atom. The lowest BCUT2D eigenvalue weighted by Gasteiger charge is -2.39. The number of anilines is 1. The van der Waals surface area contributed by atoms with Gasteiger partial charge in [0, 0.05) is 31.4 Å². The summed E-state index contributed by atoms with van der Waals surface area (Å²) in [6.45, 7) is 12.5. The zero-order chi connectivity index (χ0) is 13.3. The summed E-state index contributed by atoms with van der Waals surface area (Å²) >= 11 is 0. The Labute approximate surface area is 112 Å². The molecule has 1 aromatic rings. The summed E-state index contributed by atoms with van der Waals surface area (Å²) in [5.41, 5.74) is 4.27. The molecule has 0 radical (unpaired) electrons. The van der Waals surface area contributed by atoms with Crippen molar-refractivity contribution in [2.24, 2.45) is 0 Å². The molecule has 1 aliphatic rings. The summed E-state index contributed by atoms with van der Waals surface area (Å²) in [4.78, 5) is 4.97. The van der Waals surface area contributed by atoms with Gasteiger partial charge in [0.1, 0.15) is 0 Å². The highest BCUT2D eigenvalue weighted by molar-refractivity contribution is 5.55. The Morgan fingerprint density at radius 2 is 1.94 bits per heavy atom. The first-order valence-electron chi connectivity index (χ1n) is 7.04. The van der Waals surface area contributed by atoms with Crippen LogP contribution >= 0.6 is 0 Å². The van der Waals surface area contributed by atoms with Crippen LogP contribution in [0.3, 0.4) is 0 Å². The van der Waals surface area contributed by atoms with E-state index in [1.165, 1.54) is 16.8 Å². The molecule has 1 heterocycles. The van der Waals surface area contributed by atoms with E-state index in [2.05, 4.69) is 62.7 Å². The van der Waals surface area contributed by atoms with Crippen LogP contribution in [0, 0.1) is 6.92 Å². The summed E-state index contributed by atoms with van der Waals surface area (Å²) in [6, 6.07) is 7.59. The lowest BCUT2D eigenvalue weighted by atomic mass is 9.99. The molecule has 0 N–H and O–H groups in total. The molecular weight excluding hydrogens is 220 g/mol. The first-order chi connectivity index (χ1) is 8.49. The van der Waals surface area contributed by atoms with Crippen LogP contribution in [0.25, 0.3) is 0 Å². The van der Waals surface area contributed by atoms with Crippen molar-refractivity contribution in [1.29, 1.82) is 0 Å². The average molecular weight is 246 g/mol. The molecule has 1 fully saturated rings. The van der Waals surface area contributed by atoms with Gasteiger partial charge in [-0.25, -0.2) is 0 Å². The van der Waals surface area contributed by atoms with Gasteiger partial charge in [0.2, 0.25) is 0 Å². The molecule has 1 aliphatic heterocycles. The summed E-state index contributed by atoms with van der Waals surface area (Å²) < 4.78 is 0. The van der Waals surface area contributed by atoms with E-state index in [-0.39, 0.29) is 0 Å². The molecule has 2 rings (SSSR count). The van der Waals surface area contributed by atoms with Crippen LogP contribution in [0.15, 0.2) is 18.2 Å². The van der Waals surface area contributed by atoms with Gasteiger partial charge in [-0.15, -0.1) is 0 Å². The van der Waals surface area contributed by atoms with Crippen molar-refractivity contribution in [3.8, 4) is 0 Å². The van der Waals surface area contributed by atoms with Crippen LogP contribution in [-0.2, 0) is 0 Å². The molecule has 1 saturated heterocycles. The van der Waals surface area contributed by atoms with Gasteiger partial charge in [0.05, 0.1) is 0 Å². The van der Waals surface area contributed by atoms with Crippen molar-refractivity contribution >= 4 is 5.69 Å². The molecule has 0 saturated carbocycles. The molecule has 0 unspecified atom stereocenters. The molecule has 0 bridgehead atoms. The average Bonchev–Trinajstić information content (AvgIpc) is 2.32. The summed E-state index contributed by atoms with van der Waals surface area (Å²) in [6.07, 6.45) is 0. The van der Waals surface area contributed by atoms with Crippen LogP contribution in [0.5, 0.6) is 0 Å². The maximum Gasteiger partial charge on any atom is 0.0397 e. The highest BCUT2D eigenvalue weighted by atomic mass is 15.3. The van der Waals surface area contributed by atoms with Crippen LogP contribution in [-0.4, -0.2) is 37.6 Å². The number of hydrogen-bond donors (Lipinski definition) is 0. The normalized spacial score (nSPS) is 21.7. The molecule has 100 valence electrons. The van der Waals surface area contributed by atoms with E-state index >= 15 is 0 Å². The largest absolute Gasteiger partial charge is 0.368 e. The standard InChI is InChI=1S/C16H26N2/c1-12(2)15-6-7-16(13(3)10-15)18-9-8-17(5)14(4)11-18/h6-7,10,12,14H,8-9,11H2,1-5H3/t14-/m1/s1. The van der Waals surface area contributed by atoms with Crippen LogP contribution in [0.4, 0.5) is 5.69 Å². The second-order valence-corrected chi connectivity index (χ2v) is 5.98. The predicted molar refractivity (Wildman–Crippen MR) is 79.6 cm³/mol. The van der Waals surface area contributed by atoms with E-state index in [1.54, 1.807) is 0 Å². The number of benzene rings is 1. The number of aryl methyl sites for hydroxylation is 1. The maximum atomic E-state index is 2.53. The van der Waals surface area contributed by atoms with Gasteiger partial charge in [0.25, 0.3) is 0 Å². The summed E-state index contributed by atoms with van der Waals surface area (Å²) in [7, 11) is 2.22. The van der Waals surface area contributed by atoms with Gasteiger partial charge in [-0.1, -0.05) is 26.0 Å². The Bertz CT molecular complexity index is 412. The van der Waals surface area contributed by atoms with Crippen LogP contribution < -0.4 is 4.90 Å². The van der Waals surface area contributed by atoms with Crippen molar-refractivity contribution in [3.05, 3.63) is 29.3 Å². The van der Waals surface area contributed by atoms with E-state index in [0.717, 1.165) is 19.6 Å². The van der Waals surface area contributed by atoms with Gasteiger partial charge in [-0.2, -0.15) is 0 Å². The molecule has 1 aromatic carbocycles. The zero-order valence-corrected chi connectivity index (χ0v) is 12.4. The van der Waals surface area contributed by atoms with Crippen molar-refractivity contribution in [3.63, 3.8) is 0 Å². The number of piperazine rings is 1. The molecule has 0 aliphatic carbocycles. The maximum absolute atomic E-state index is 2.53. The highest BCUT2D eigenvalue weighted by Gasteiger charge is 2.21. The topological polar surface area (TPSA) is 6.48 Å². The van der Waals surface area contributed by atoms with E-state index in [9.17, 15) is 0 Å². The lowest BCUT2D eigenvalue weighted by molar-refractivity contribution is 0.234. The van der Waals surface area contributed by atoms with Crippen LogP contribution in [0.2, 0.25) is 0 Å². The van der Waals surface area contributed by atoms with Gasteiger partial charge < -0.3 is 9.80 Å². The zero-order valence-electron chi connectivity index (χ0n) is 12.4. The van der Waals surface area contributed by atoms with Gasteiger partial charge in [-0.3, -0.25) is 0 Å². The fourth-order valence-electron chi connectivity index (χ4n) is 2.66. The highest BCUT2D eigenvalue weighted by Crippen LogP contribution is 2.26. The molecule has 0 aromatic heterocycles. The summed E-state index contributed by atoms with van der Waals surface area (Å²) in [5.74, 6) is 0.615. The fourth-order valence-corrected chi connectivity index (χ4v) is 2.66. The fraction of sp³-hybridized carbons (Fsp3) is 0.625. The SMILES string of the molecule is Cc1cc(C(C)C)ccc1N1CCN(C)[C@H](C)C1. The Kier molecular flexibility index (Phi) is 3.96. The van der Waals surface area contributed by atoms with Crippen molar-refractivity contribution < 1.29 is 0 Å². The Hall–Kier alpha value is -1.02. The van der Waals surface area contributed by atoms with Crippen molar-refractivity contribution in [2.75, 3.05) is 31.6 Å². The number of likely N-dealkylation sites (N-methyl/N-ethyl adjacent to an activating group) is 1. The predicted octanol–water partition coefficient (Wildman–Crippen LogP) is 3.26. The second-order valence-electron chi connectivity index (χ2n) is 5.98. The minimum absolute atomic E-state index is 0.615. The van der Waals surface area contributed by atoms with E-state index in [0.29, 0.717) is 12.0 Å². The van der Waals surface area contributed by atoms with Crippen molar-refractivity contribution in [1.82, 2.24) is 4.90 Å². The van der Waals surface area contributed by atoms with Crippen molar-refractivity contribution in [2.45, 2.75) is 39.7 Å². The van der Waals surface area contributed by atoms with Gasteiger partial charge >= 0.3 is 0 Å². The molecule has 0 spiro atoms. The Balaban J connectivity index is 2.19. The molecular formula is C16H26N2. The third-order valence-electron chi connectivity index (χ3n) is 4.19. The first-order valence-corrected chi connectivity index (χ1v) is 7.04. The van der Waals surface area contributed by atoms with Crippen LogP contribution in [0.1, 0.15) is 37.8 Å². The second kappa shape index (κ2) is 5.31. The summed E-state index contributed by atoms with van der Waals surface area (Å²) in [5, 5.41) is 0. The minimum atomic E-state index is 0.615. The monoisotopic (exact) mass is 246 g/mol. The number of hydrogen-bond acceptors (Lipinski definition) is 2. The quantitative estimate of drug-likeness (QED) is 0.790. The molecule has 0 amide bonds. The Morgan fingerprint density at radius 3 is 2.50 bits per heavy atom. The van der Waals surface area contributed by atoms with Gasteiger partial charge in [-0.05, 0) is 44.0 Å². The van der Waals surface area contributed by atoms with E-state index < -0.39 is 0 Å². The molecule has 2 heteroatoms. The van der Waals surface area contributed by atoms with E-state index in [4.69, 9.17) is 0 Å². The van der Waals surface area contributed by atoms with Gasteiger partial charge in [0.15, 0.2) is 0 Å².